The van der Waals surface area contributed by atoms with Crippen LogP contribution in [0.4, 0.5) is 0 Å². The molecule has 2 atom stereocenters. The second-order valence-electron chi connectivity index (χ2n) is 7.49. The third-order valence-corrected chi connectivity index (χ3v) is 5.68. The maximum atomic E-state index is 5.32. The van der Waals surface area contributed by atoms with E-state index >= 15 is 0 Å². The van der Waals surface area contributed by atoms with Crippen LogP contribution in [0.3, 0.4) is 0 Å². The van der Waals surface area contributed by atoms with Crippen molar-refractivity contribution in [3.63, 3.8) is 0 Å². The lowest BCUT2D eigenvalue weighted by atomic mass is 9.85. The summed E-state index contributed by atoms with van der Waals surface area (Å²) < 4.78 is 5.32. The Morgan fingerprint density at radius 1 is 1.15 bits per heavy atom. The molecule has 2 unspecified atom stereocenters. The number of piperidine rings is 1. The molecule has 0 radical (unpaired) electrons. The van der Waals surface area contributed by atoms with E-state index in [1.54, 1.807) is 7.11 Å². The fourth-order valence-electron chi connectivity index (χ4n) is 4.34. The predicted octanol–water partition coefficient (Wildman–Crippen LogP) is 3.14. The van der Waals surface area contributed by atoms with Crippen molar-refractivity contribution in [3.8, 4) is 5.75 Å². The predicted molar refractivity (Wildman–Crippen MR) is 108 cm³/mol. The maximum absolute atomic E-state index is 5.32. The Hall–Kier alpha value is -1.75. The number of methoxy groups -OCH3 is 1. The molecule has 3 rings (SSSR count). The molecule has 5 heteroatoms. The normalized spacial score (nSPS) is 24.7. The second-order valence-corrected chi connectivity index (χ2v) is 7.49. The molecule has 2 aliphatic heterocycles. The van der Waals surface area contributed by atoms with Crippen molar-refractivity contribution in [1.82, 2.24) is 15.1 Å². The van der Waals surface area contributed by atoms with Crippen LogP contribution in [0.2, 0.25) is 0 Å². The maximum Gasteiger partial charge on any atom is 0.193 e. The van der Waals surface area contributed by atoms with E-state index in [0.29, 0.717) is 12.0 Å². The van der Waals surface area contributed by atoms with Gasteiger partial charge in [-0.05, 0) is 69.8 Å². The molecule has 2 saturated heterocycles. The van der Waals surface area contributed by atoms with Crippen LogP contribution in [-0.2, 0) is 0 Å². The largest absolute Gasteiger partial charge is 0.497 e. The van der Waals surface area contributed by atoms with E-state index in [2.05, 4.69) is 53.4 Å². The molecule has 0 aliphatic carbocycles. The van der Waals surface area contributed by atoms with Crippen molar-refractivity contribution in [1.29, 1.82) is 0 Å². The van der Waals surface area contributed by atoms with Crippen molar-refractivity contribution >= 4 is 5.96 Å². The lowest BCUT2D eigenvalue weighted by molar-refractivity contribution is 0.125. The molecule has 0 bridgehead atoms. The van der Waals surface area contributed by atoms with Crippen molar-refractivity contribution in [2.45, 2.75) is 38.6 Å². The molecule has 0 aromatic heterocycles. The quantitative estimate of drug-likeness (QED) is 0.648. The first kappa shape index (κ1) is 19.0. The Kier molecular flexibility index (Phi) is 6.78. The summed E-state index contributed by atoms with van der Waals surface area (Å²) in [6.07, 6.45) is 5.06. The molecule has 5 nitrogen and oxygen atoms in total. The number of ether oxygens (including phenoxy) is 1. The minimum absolute atomic E-state index is 0.430. The molecule has 2 aliphatic rings. The monoisotopic (exact) mass is 358 g/mol. The van der Waals surface area contributed by atoms with Gasteiger partial charge in [0.2, 0.25) is 0 Å². The van der Waals surface area contributed by atoms with Crippen LogP contribution in [0.25, 0.3) is 0 Å². The Balaban J connectivity index is 1.75. The van der Waals surface area contributed by atoms with E-state index in [1.807, 2.05) is 0 Å². The molecule has 0 spiro atoms. The average Bonchev–Trinajstić information content (AvgIpc) is 3.20. The SMILES string of the molecule is CCNC(=NCC1CCCN(C)C1c1ccc(OC)cc1)N1CCCC1. The van der Waals surface area contributed by atoms with Crippen LogP contribution in [0.5, 0.6) is 5.75 Å². The first-order chi connectivity index (χ1) is 12.7. The van der Waals surface area contributed by atoms with E-state index in [1.165, 1.54) is 31.2 Å². The molecule has 2 heterocycles. The summed E-state index contributed by atoms with van der Waals surface area (Å²) in [6, 6.07) is 9.01. The van der Waals surface area contributed by atoms with Gasteiger partial charge in [-0.3, -0.25) is 9.89 Å². The third-order valence-electron chi connectivity index (χ3n) is 5.68. The highest BCUT2D eigenvalue weighted by Gasteiger charge is 2.30. The van der Waals surface area contributed by atoms with E-state index in [-0.39, 0.29) is 0 Å². The van der Waals surface area contributed by atoms with Crippen LogP contribution in [0.1, 0.15) is 44.2 Å². The number of aliphatic imine (C=N–C) groups is 1. The third kappa shape index (κ3) is 4.50. The number of nitrogens with one attached hydrogen (secondary N) is 1. The first-order valence-corrected chi connectivity index (χ1v) is 10.1. The molecule has 0 amide bonds. The minimum atomic E-state index is 0.430. The van der Waals surface area contributed by atoms with Crippen molar-refractivity contribution in [2.24, 2.45) is 10.9 Å². The van der Waals surface area contributed by atoms with Gasteiger partial charge in [0.1, 0.15) is 5.75 Å². The zero-order valence-corrected chi connectivity index (χ0v) is 16.6. The Morgan fingerprint density at radius 2 is 1.88 bits per heavy atom. The molecule has 1 aromatic carbocycles. The van der Waals surface area contributed by atoms with Gasteiger partial charge < -0.3 is 15.0 Å². The number of rotatable bonds is 5. The lowest BCUT2D eigenvalue weighted by Gasteiger charge is -2.39. The van der Waals surface area contributed by atoms with Gasteiger partial charge in [-0.15, -0.1) is 0 Å². The minimum Gasteiger partial charge on any atom is -0.497 e. The lowest BCUT2D eigenvalue weighted by Crippen LogP contribution is -2.41. The van der Waals surface area contributed by atoms with Gasteiger partial charge >= 0.3 is 0 Å². The van der Waals surface area contributed by atoms with E-state index in [0.717, 1.165) is 44.4 Å². The molecule has 2 fully saturated rings. The molecule has 0 saturated carbocycles. The Labute approximate surface area is 158 Å². The highest BCUT2D eigenvalue weighted by atomic mass is 16.5. The molecule has 144 valence electrons. The average molecular weight is 359 g/mol. The van der Waals surface area contributed by atoms with Gasteiger partial charge in [-0.1, -0.05) is 12.1 Å². The molecular formula is C21H34N4O. The van der Waals surface area contributed by atoms with Crippen LogP contribution in [0, 0.1) is 5.92 Å². The van der Waals surface area contributed by atoms with Gasteiger partial charge in [-0.25, -0.2) is 0 Å². The first-order valence-electron chi connectivity index (χ1n) is 10.1. The number of hydrogen-bond donors (Lipinski definition) is 1. The fraction of sp³-hybridized carbons (Fsp3) is 0.667. The number of likely N-dealkylation sites (tertiary alicyclic amines) is 2. The number of hydrogen-bond acceptors (Lipinski definition) is 3. The van der Waals surface area contributed by atoms with E-state index in [9.17, 15) is 0 Å². The highest BCUT2D eigenvalue weighted by Crippen LogP contribution is 2.35. The van der Waals surface area contributed by atoms with E-state index < -0.39 is 0 Å². The van der Waals surface area contributed by atoms with Crippen molar-refractivity contribution < 1.29 is 4.74 Å². The van der Waals surface area contributed by atoms with Crippen molar-refractivity contribution in [2.75, 3.05) is 46.9 Å². The summed E-state index contributed by atoms with van der Waals surface area (Å²) in [7, 11) is 3.97. The van der Waals surface area contributed by atoms with Gasteiger partial charge in [0.25, 0.3) is 0 Å². The summed E-state index contributed by atoms with van der Waals surface area (Å²) in [5.74, 6) is 2.58. The van der Waals surface area contributed by atoms with Crippen LogP contribution in [0.15, 0.2) is 29.3 Å². The summed E-state index contributed by atoms with van der Waals surface area (Å²) in [5, 5.41) is 3.49. The second kappa shape index (κ2) is 9.26. The number of benzene rings is 1. The molecular weight excluding hydrogens is 324 g/mol. The summed E-state index contributed by atoms with van der Waals surface area (Å²) in [4.78, 5) is 9.95. The molecule has 26 heavy (non-hydrogen) atoms. The fourth-order valence-corrected chi connectivity index (χ4v) is 4.34. The summed E-state index contributed by atoms with van der Waals surface area (Å²) in [5.41, 5.74) is 1.37. The summed E-state index contributed by atoms with van der Waals surface area (Å²) in [6.45, 7) is 7.40. The van der Waals surface area contributed by atoms with Crippen LogP contribution < -0.4 is 10.1 Å². The standard InChI is InChI=1S/C21H34N4O/c1-4-22-21(25-14-5-6-15-25)23-16-18-8-7-13-24(2)20(18)17-9-11-19(26-3)12-10-17/h9-12,18,20H,4-8,13-16H2,1-3H3,(H,22,23). The zero-order chi connectivity index (χ0) is 18.4. The van der Waals surface area contributed by atoms with Gasteiger partial charge in [-0.2, -0.15) is 0 Å². The number of guanidine groups is 1. The highest BCUT2D eigenvalue weighted by molar-refractivity contribution is 5.80. The van der Waals surface area contributed by atoms with Crippen LogP contribution in [-0.4, -0.2) is 62.6 Å². The van der Waals surface area contributed by atoms with Gasteiger partial charge in [0.05, 0.1) is 7.11 Å². The van der Waals surface area contributed by atoms with Crippen molar-refractivity contribution in [3.05, 3.63) is 29.8 Å². The van der Waals surface area contributed by atoms with Gasteiger partial charge in [0.15, 0.2) is 5.96 Å². The van der Waals surface area contributed by atoms with Gasteiger partial charge in [0, 0.05) is 32.2 Å². The molecule has 1 aromatic rings. The zero-order valence-electron chi connectivity index (χ0n) is 16.6. The molecule has 1 N–H and O–H groups in total. The summed E-state index contributed by atoms with van der Waals surface area (Å²) >= 11 is 0. The van der Waals surface area contributed by atoms with E-state index in [4.69, 9.17) is 9.73 Å². The Bertz CT molecular complexity index is 580. The topological polar surface area (TPSA) is 40.1 Å². The smallest absolute Gasteiger partial charge is 0.193 e. The van der Waals surface area contributed by atoms with Crippen LogP contribution >= 0.6 is 0 Å². The Morgan fingerprint density at radius 3 is 2.54 bits per heavy atom. The number of nitrogens with zero attached hydrogens (tertiary/aromatic N) is 3.